The number of Topliss-reactive ketones (excluding diaryl/α,β-unsaturated/α-hetero) is 1. The first-order valence-corrected chi connectivity index (χ1v) is 8.43. The zero-order valence-corrected chi connectivity index (χ0v) is 13.2. The van der Waals surface area contributed by atoms with Crippen LogP contribution in [0.15, 0.2) is 22.7 Å². The van der Waals surface area contributed by atoms with E-state index in [1.54, 1.807) is 12.1 Å². The van der Waals surface area contributed by atoms with Crippen molar-refractivity contribution in [3.8, 4) is 0 Å². The van der Waals surface area contributed by atoms with E-state index in [0.29, 0.717) is 10.0 Å². The number of ketones is 1. The number of carbonyl (C=O) groups is 1. The number of halogens is 2. The van der Waals surface area contributed by atoms with Crippen LogP contribution in [0.3, 0.4) is 0 Å². The van der Waals surface area contributed by atoms with Crippen LogP contribution < -0.4 is 0 Å². The second-order valence-corrected chi connectivity index (χ2v) is 7.16. The standard InChI is InChI=1S/C17H20BrFO/c18-15-10-14(7-8-16(15)19)17(20)13-6-5-11-3-1-2-4-12(11)9-13/h7-8,10-13H,1-6,9H2. The lowest BCUT2D eigenvalue weighted by Crippen LogP contribution is -2.31. The highest BCUT2D eigenvalue weighted by atomic mass is 79.9. The summed E-state index contributed by atoms with van der Waals surface area (Å²) < 4.78 is 13.7. The third kappa shape index (κ3) is 2.83. The minimum Gasteiger partial charge on any atom is -0.294 e. The second kappa shape index (κ2) is 5.97. The normalized spacial score (nSPS) is 29.8. The molecule has 2 fully saturated rings. The lowest BCUT2D eigenvalue weighted by atomic mass is 9.66. The van der Waals surface area contributed by atoms with Crippen molar-refractivity contribution < 1.29 is 9.18 Å². The van der Waals surface area contributed by atoms with E-state index in [0.717, 1.165) is 24.7 Å². The Morgan fingerprint density at radius 3 is 2.60 bits per heavy atom. The van der Waals surface area contributed by atoms with Gasteiger partial charge in [0.25, 0.3) is 0 Å². The minimum atomic E-state index is -0.308. The molecule has 108 valence electrons. The van der Waals surface area contributed by atoms with Crippen molar-refractivity contribution >= 4 is 21.7 Å². The van der Waals surface area contributed by atoms with Gasteiger partial charge in [-0.15, -0.1) is 0 Å². The smallest absolute Gasteiger partial charge is 0.165 e. The number of fused-ring (bicyclic) bond motifs is 1. The quantitative estimate of drug-likeness (QED) is 0.662. The van der Waals surface area contributed by atoms with Gasteiger partial charge in [-0.05, 0) is 65.2 Å². The van der Waals surface area contributed by atoms with Crippen LogP contribution in [-0.4, -0.2) is 5.78 Å². The predicted octanol–water partition coefficient (Wildman–Crippen LogP) is 5.38. The molecule has 0 N–H and O–H groups in total. The molecule has 2 saturated carbocycles. The second-order valence-electron chi connectivity index (χ2n) is 6.31. The first kappa shape index (κ1) is 14.2. The highest BCUT2D eigenvalue weighted by molar-refractivity contribution is 9.10. The van der Waals surface area contributed by atoms with Crippen molar-refractivity contribution in [3.05, 3.63) is 34.1 Å². The fraction of sp³-hybridized carbons (Fsp3) is 0.588. The van der Waals surface area contributed by atoms with Crippen LogP contribution >= 0.6 is 15.9 Å². The van der Waals surface area contributed by atoms with Crippen molar-refractivity contribution in [2.24, 2.45) is 17.8 Å². The van der Waals surface area contributed by atoms with E-state index in [1.807, 2.05) is 0 Å². The van der Waals surface area contributed by atoms with Gasteiger partial charge in [0.2, 0.25) is 0 Å². The maximum atomic E-state index is 13.3. The van der Waals surface area contributed by atoms with E-state index >= 15 is 0 Å². The van der Waals surface area contributed by atoms with Crippen molar-refractivity contribution in [1.82, 2.24) is 0 Å². The van der Waals surface area contributed by atoms with E-state index in [2.05, 4.69) is 15.9 Å². The van der Waals surface area contributed by atoms with Crippen LogP contribution in [0.1, 0.15) is 55.3 Å². The Morgan fingerprint density at radius 2 is 1.85 bits per heavy atom. The van der Waals surface area contributed by atoms with Gasteiger partial charge in [-0.25, -0.2) is 4.39 Å². The molecule has 2 aliphatic rings. The summed E-state index contributed by atoms with van der Waals surface area (Å²) in [5.41, 5.74) is 0.650. The van der Waals surface area contributed by atoms with Crippen LogP contribution in [0.4, 0.5) is 4.39 Å². The van der Waals surface area contributed by atoms with Crippen LogP contribution in [0, 0.1) is 23.6 Å². The molecule has 0 amide bonds. The van der Waals surface area contributed by atoms with Gasteiger partial charge in [-0.3, -0.25) is 4.79 Å². The Bertz CT molecular complexity index is 514. The van der Waals surface area contributed by atoms with Crippen LogP contribution in [0.2, 0.25) is 0 Å². The van der Waals surface area contributed by atoms with Gasteiger partial charge in [0.15, 0.2) is 5.78 Å². The van der Waals surface area contributed by atoms with E-state index in [-0.39, 0.29) is 17.5 Å². The molecular weight excluding hydrogens is 319 g/mol. The molecule has 0 heterocycles. The number of hydrogen-bond donors (Lipinski definition) is 0. The van der Waals surface area contributed by atoms with Gasteiger partial charge in [-0.1, -0.05) is 25.7 Å². The van der Waals surface area contributed by atoms with Crippen LogP contribution in [0.5, 0.6) is 0 Å². The SMILES string of the molecule is O=C(c1ccc(F)c(Br)c1)C1CCC2CCCCC2C1. The molecule has 3 rings (SSSR count). The fourth-order valence-electron chi connectivity index (χ4n) is 4.00. The lowest BCUT2D eigenvalue weighted by Gasteiger charge is -2.38. The van der Waals surface area contributed by atoms with Crippen LogP contribution in [-0.2, 0) is 0 Å². The molecule has 0 radical (unpaired) electrons. The van der Waals surface area contributed by atoms with E-state index < -0.39 is 0 Å². The maximum absolute atomic E-state index is 13.3. The summed E-state index contributed by atoms with van der Waals surface area (Å²) >= 11 is 3.17. The largest absolute Gasteiger partial charge is 0.294 e. The van der Waals surface area contributed by atoms with Gasteiger partial charge in [0.05, 0.1) is 4.47 Å². The molecule has 20 heavy (non-hydrogen) atoms. The number of benzene rings is 1. The summed E-state index contributed by atoms with van der Waals surface area (Å²) in [7, 11) is 0. The van der Waals surface area contributed by atoms with Crippen LogP contribution in [0.25, 0.3) is 0 Å². The topological polar surface area (TPSA) is 17.1 Å². The molecule has 1 aromatic rings. The lowest BCUT2D eigenvalue weighted by molar-refractivity contribution is 0.0763. The zero-order chi connectivity index (χ0) is 14.1. The van der Waals surface area contributed by atoms with Gasteiger partial charge in [0.1, 0.15) is 5.82 Å². The molecule has 3 heteroatoms. The molecule has 3 unspecified atom stereocenters. The van der Waals surface area contributed by atoms with Gasteiger partial charge >= 0.3 is 0 Å². The summed E-state index contributed by atoms with van der Waals surface area (Å²) in [5, 5.41) is 0. The maximum Gasteiger partial charge on any atom is 0.165 e. The van der Waals surface area contributed by atoms with Gasteiger partial charge in [0, 0.05) is 11.5 Å². The highest BCUT2D eigenvalue weighted by Crippen LogP contribution is 2.43. The van der Waals surface area contributed by atoms with E-state index in [9.17, 15) is 9.18 Å². The van der Waals surface area contributed by atoms with Crippen molar-refractivity contribution in [1.29, 1.82) is 0 Å². The molecule has 3 atom stereocenters. The van der Waals surface area contributed by atoms with Gasteiger partial charge < -0.3 is 0 Å². The average molecular weight is 339 g/mol. The number of rotatable bonds is 2. The molecular formula is C17H20BrFO. The predicted molar refractivity (Wildman–Crippen MR) is 81.2 cm³/mol. The Hall–Kier alpha value is -0.700. The number of carbonyl (C=O) groups excluding carboxylic acids is 1. The monoisotopic (exact) mass is 338 g/mol. The van der Waals surface area contributed by atoms with Crippen molar-refractivity contribution in [2.75, 3.05) is 0 Å². The molecule has 0 bridgehead atoms. The Morgan fingerprint density at radius 1 is 1.10 bits per heavy atom. The Kier molecular flexibility index (Phi) is 4.25. The summed E-state index contributed by atoms with van der Waals surface area (Å²) in [6, 6.07) is 4.63. The molecule has 1 nitrogen and oxygen atoms in total. The molecule has 1 aromatic carbocycles. The number of hydrogen-bond acceptors (Lipinski definition) is 1. The molecule has 0 aliphatic heterocycles. The van der Waals surface area contributed by atoms with Crippen molar-refractivity contribution in [3.63, 3.8) is 0 Å². The summed E-state index contributed by atoms with van der Waals surface area (Å²) in [5.74, 6) is 1.64. The Balaban J connectivity index is 1.72. The van der Waals surface area contributed by atoms with E-state index in [1.165, 1.54) is 38.2 Å². The molecule has 0 spiro atoms. The Labute approximate surface area is 128 Å². The first-order chi connectivity index (χ1) is 9.65. The fourth-order valence-corrected chi connectivity index (χ4v) is 4.38. The molecule has 0 saturated heterocycles. The zero-order valence-electron chi connectivity index (χ0n) is 11.6. The minimum absolute atomic E-state index is 0.145. The summed E-state index contributed by atoms with van der Waals surface area (Å²) in [6.07, 6.45) is 8.58. The first-order valence-electron chi connectivity index (χ1n) is 7.64. The van der Waals surface area contributed by atoms with Crippen molar-refractivity contribution in [2.45, 2.75) is 44.9 Å². The third-order valence-electron chi connectivity index (χ3n) is 5.11. The average Bonchev–Trinajstić information content (AvgIpc) is 2.49. The molecule has 0 aromatic heterocycles. The van der Waals surface area contributed by atoms with Gasteiger partial charge in [-0.2, -0.15) is 0 Å². The summed E-state index contributed by atoms with van der Waals surface area (Å²) in [6.45, 7) is 0. The molecule has 2 aliphatic carbocycles. The summed E-state index contributed by atoms with van der Waals surface area (Å²) in [4.78, 5) is 12.6. The van der Waals surface area contributed by atoms with E-state index in [4.69, 9.17) is 0 Å². The highest BCUT2D eigenvalue weighted by Gasteiger charge is 2.35. The third-order valence-corrected chi connectivity index (χ3v) is 5.72.